The Bertz CT molecular complexity index is 443. The molecule has 0 bridgehead atoms. The molecule has 0 saturated carbocycles. The Balaban J connectivity index is 2.35. The highest BCUT2D eigenvalue weighted by atomic mass is 35.5. The lowest BCUT2D eigenvalue weighted by Gasteiger charge is -2.45. The molecule has 0 radical (unpaired) electrons. The molecule has 2 nitrogen and oxygen atoms in total. The summed E-state index contributed by atoms with van der Waals surface area (Å²) in [5, 5.41) is 4.65. The number of hydrogen-bond acceptors (Lipinski definition) is 2. The summed E-state index contributed by atoms with van der Waals surface area (Å²) in [6.45, 7) is 10.4. The van der Waals surface area contributed by atoms with Crippen molar-refractivity contribution in [2.45, 2.75) is 58.0 Å². The average Bonchev–Trinajstić information content (AvgIpc) is 3.03. The second kappa shape index (κ2) is 7.62. The highest BCUT2D eigenvalue weighted by Crippen LogP contribution is 2.38. The van der Waals surface area contributed by atoms with Crippen LogP contribution in [-0.2, 0) is 0 Å². The highest BCUT2D eigenvalue weighted by Gasteiger charge is 2.40. The van der Waals surface area contributed by atoms with E-state index in [1.54, 1.807) is 0 Å². The molecule has 2 atom stereocenters. The van der Waals surface area contributed by atoms with Crippen LogP contribution >= 0.6 is 11.6 Å². The molecule has 0 spiro atoms. The third-order valence-corrected chi connectivity index (χ3v) is 5.33. The smallest absolute Gasteiger partial charge is 0.0519 e. The molecule has 0 aromatic heterocycles. The van der Waals surface area contributed by atoms with E-state index in [1.165, 1.54) is 31.5 Å². The molecule has 2 unspecified atom stereocenters. The maximum Gasteiger partial charge on any atom is 0.0519 e. The van der Waals surface area contributed by atoms with E-state index < -0.39 is 0 Å². The van der Waals surface area contributed by atoms with E-state index in [-0.39, 0.29) is 11.6 Å². The first-order chi connectivity index (χ1) is 10.1. The van der Waals surface area contributed by atoms with Gasteiger partial charge in [-0.3, -0.25) is 4.90 Å². The third kappa shape index (κ3) is 3.61. The molecule has 2 rings (SSSR count). The molecule has 1 aromatic rings. The van der Waals surface area contributed by atoms with Gasteiger partial charge in [-0.25, -0.2) is 0 Å². The van der Waals surface area contributed by atoms with Crippen molar-refractivity contribution in [3.8, 4) is 0 Å². The van der Waals surface area contributed by atoms with Gasteiger partial charge in [-0.1, -0.05) is 43.6 Å². The molecule has 3 heteroatoms. The lowest BCUT2D eigenvalue weighted by molar-refractivity contribution is 0.0840. The molecule has 1 heterocycles. The van der Waals surface area contributed by atoms with E-state index in [0.717, 1.165) is 24.4 Å². The van der Waals surface area contributed by atoms with Crippen LogP contribution in [0.3, 0.4) is 0 Å². The molecule has 1 fully saturated rings. The lowest BCUT2D eigenvalue weighted by atomic mass is 9.83. The van der Waals surface area contributed by atoms with E-state index in [9.17, 15) is 0 Å². The van der Waals surface area contributed by atoms with Crippen molar-refractivity contribution in [2.75, 3.05) is 19.6 Å². The van der Waals surface area contributed by atoms with Crippen molar-refractivity contribution >= 4 is 11.6 Å². The van der Waals surface area contributed by atoms with E-state index in [4.69, 9.17) is 11.6 Å². The van der Waals surface area contributed by atoms with Crippen molar-refractivity contribution in [1.29, 1.82) is 0 Å². The van der Waals surface area contributed by atoms with Gasteiger partial charge in [0.2, 0.25) is 0 Å². The zero-order valence-corrected chi connectivity index (χ0v) is 14.4. The molecule has 1 aliphatic rings. The summed E-state index contributed by atoms with van der Waals surface area (Å²) >= 11 is 6.51. The summed E-state index contributed by atoms with van der Waals surface area (Å²) in [5.41, 5.74) is 1.36. The molecular formula is C18H29ClN2. The Hall–Kier alpha value is -0.570. The molecule has 1 N–H and O–H groups in total. The first kappa shape index (κ1) is 16.8. The SMILES string of the molecule is CCCNC(c1ccccc1Cl)C(C)(CC)N1CCCC1. The Morgan fingerprint density at radius 3 is 2.48 bits per heavy atom. The second-order valence-corrected chi connectivity index (χ2v) is 6.72. The zero-order chi connectivity index (χ0) is 15.3. The van der Waals surface area contributed by atoms with Gasteiger partial charge < -0.3 is 5.32 Å². The fraction of sp³-hybridized carbons (Fsp3) is 0.667. The number of hydrogen-bond donors (Lipinski definition) is 1. The van der Waals surface area contributed by atoms with Gasteiger partial charge in [0.1, 0.15) is 0 Å². The summed E-state index contributed by atoms with van der Waals surface area (Å²) in [4.78, 5) is 2.66. The van der Waals surface area contributed by atoms with Gasteiger partial charge in [-0.15, -0.1) is 0 Å². The quantitative estimate of drug-likeness (QED) is 0.789. The predicted molar refractivity (Wildman–Crippen MR) is 92.0 cm³/mol. The van der Waals surface area contributed by atoms with Gasteiger partial charge in [0.25, 0.3) is 0 Å². The Morgan fingerprint density at radius 2 is 1.90 bits per heavy atom. The van der Waals surface area contributed by atoms with Crippen molar-refractivity contribution in [1.82, 2.24) is 10.2 Å². The molecule has 1 aliphatic heterocycles. The second-order valence-electron chi connectivity index (χ2n) is 6.31. The minimum absolute atomic E-state index is 0.122. The molecular weight excluding hydrogens is 280 g/mol. The van der Waals surface area contributed by atoms with Crippen LogP contribution in [0, 0.1) is 0 Å². The van der Waals surface area contributed by atoms with Crippen LogP contribution < -0.4 is 5.32 Å². The lowest BCUT2D eigenvalue weighted by Crippen LogP contribution is -2.53. The van der Waals surface area contributed by atoms with Crippen molar-refractivity contribution in [3.05, 3.63) is 34.9 Å². The molecule has 0 amide bonds. The standard InChI is InChI=1S/C18H29ClN2/c1-4-12-20-17(15-10-6-7-11-16(15)19)18(3,5-2)21-13-8-9-14-21/h6-7,10-11,17,20H,4-5,8-9,12-14H2,1-3H3. The first-order valence-electron chi connectivity index (χ1n) is 8.36. The van der Waals surface area contributed by atoms with Crippen LogP contribution in [0.1, 0.15) is 58.1 Å². The number of benzene rings is 1. The largest absolute Gasteiger partial charge is 0.308 e. The van der Waals surface area contributed by atoms with E-state index in [2.05, 4.69) is 43.1 Å². The molecule has 0 aliphatic carbocycles. The summed E-state index contributed by atoms with van der Waals surface area (Å²) in [7, 11) is 0. The van der Waals surface area contributed by atoms with Crippen LogP contribution in [0.5, 0.6) is 0 Å². The summed E-state index contributed by atoms with van der Waals surface area (Å²) in [6.07, 6.45) is 4.90. The predicted octanol–water partition coefficient (Wildman–Crippen LogP) is 4.65. The first-order valence-corrected chi connectivity index (χ1v) is 8.74. The maximum absolute atomic E-state index is 6.51. The number of nitrogens with zero attached hydrogens (tertiary/aromatic N) is 1. The number of rotatable bonds is 7. The van der Waals surface area contributed by atoms with Gasteiger partial charge in [0.15, 0.2) is 0 Å². The van der Waals surface area contributed by atoms with Gasteiger partial charge in [0, 0.05) is 10.6 Å². The molecule has 21 heavy (non-hydrogen) atoms. The van der Waals surface area contributed by atoms with Crippen LogP contribution in [0.25, 0.3) is 0 Å². The average molecular weight is 309 g/mol. The third-order valence-electron chi connectivity index (χ3n) is 4.98. The van der Waals surface area contributed by atoms with Crippen LogP contribution in [0.15, 0.2) is 24.3 Å². The molecule has 1 aromatic carbocycles. The molecule has 1 saturated heterocycles. The van der Waals surface area contributed by atoms with Crippen molar-refractivity contribution in [3.63, 3.8) is 0 Å². The number of nitrogens with one attached hydrogen (secondary N) is 1. The van der Waals surface area contributed by atoms with Crippen LogP contribution in [0.2, 0.25) is 5.02 Å². The Labute approximate surface area is 134 Å². The van der Waals surface area contributed by atoms with Crippen molar-refractivity contribution in [2.24, 2.45) is 0 Å². The molecule has 118 valence electrons. The highest BCUT2D eigenvalue weighted by molar-refractivity contribution is 6.31. The van der Waals surface area contributed by atoms with Gasteiger partial charge >= 0.3 is 0 Å². The normalized spacial score (nSPS) is 20.4. The maximum atomic E-state index is 6.51. The van der Waals surface area contributed by atoms with Crippen molar-refractivity contribution < 1.29 is 0 Å². The van der Waals surface area contributed by atoms with Gasteiger partial charge in [0.05, 0.1) is 6.04 Å². The Kier molecular flexibility index (Phi) is 6.09. The van der Waals surface area contributed by atoms with Crippen LogP contribution in [0.4, 0.5) is 0 Å². The minimum Gasteiger partial charge on any atom is -0.308 e. The van der Waals surface area contributed by atoms with Crippen LogP contribution in [-0.4, -0.2) is 30.1 Å². The monoisotopic (exact) mass is 308 g/mol. The fourth-order valence-electron chi connectivity index (χ4n) is 3.50. The number of halogens is 1. The van der Waals surface area contributed by atoms with E-state index in [0.29, 0.717) is 0 Å². The topological polar surface area (TPSA) is 15.3 Å². The zero-order valence-electron chi connectivity index (χ0n) is 13.7. The fourth-order valence-corrected chi connectivity index (χ4v) is 3.75. The van der Waals surface area contributed by atoms with E-state index in [1.807, 2.05) is 12.1 Å². The van der Waals surface area contributed by atoms with E-state index >= 15 is 0 Å². The Morgan fingerprint density at radius 1 is 1.24 bits per heavy atom. The summed E-state index contributed by atoms with van der Waals surface area (Å²) < 4.78 is 0. The minimum atomic E-state index is 0.122. The van der Waals surface area contributed by atoms with Gasteiger partial charge in [-0.05, 0) is 63.9 Å². The number of likely N-dealkylation sites (tertiary alicyclic amines) is 1. The van der Waals surface area contributed by atoms with Gasteiger partial charge in [-0.2, -0.15) is 0 Å². The summed E-state index contributed by atoms with van der Waals surface area (Å²) in [5.74, 6) is 0. The summed E-state index contributed by atoms with van der Waals surface area (Å²) in [6, 6.07) is 8.59.